The number of nitrogens with one attached hydrogen (secondary N) is 1. The monoisotopic (exact) mass is 247 g/mol. The predicted molar refractivity (Wildman–Crippen MR) is 72.3 cm³/mol. The average Bonchev–Trinajstić information content (AvgIpc) is 2.88. The maximum Gasteiger partial charge on any atom is 0.0914 e. The minimum atomic E-state index is -0.418. The third kappa shape index (κ3) is 3.97. The van der Waals surface area contributed by atoms with Crippen LogP contribution in [0.5, 0.6) is 0 Å². The first-order valence-corrected chi connectivity index (χ1v) is 6.75. The fourth-order valence-electron chi connectivity index (χ4n) is 1.70. The van der Waals surface area contributed by atoms with E-state index in [0.29, 0.717) is 6.54 Å². The molecule has 90 valence electrons. The molecule has 0 spiro atoms. The molecule has 0 fully saturated rings. The molecule has 2 rings (SSSR count). The Morgan fingerprint density at radius 2 is 2.00 bits per heavy atom. The van der Waals surface area contributed by atoms with Crippen molar-refractivity contribution in [2.24, 2.45) is 0 Å². The molecule has 2 nitrogen and oxygen atoms in total. The van der Waals surface area contributed by atoms with E-state index in [4.69, 9.17) is 0 Å². The van der Waals surface area contributed by atoms with Gasteiger partial charge in [-0.15, -0.1) is 0 Å². The highest BCUT2D eigenvalue weighted by atomic mass is 32.1. The number of thiophene rings is 1. The Morgan fingerprint density at radius 3 is 2.71 bits per heavy atom. The van der Waals surface area contributed by atoms with E-state index in [0.717, 1.165) is 18.5 Å². The number of aliphatic hydroxyl groups is 1. The predicted octanol–water partition coefficient (Wildman–Crippen LogP) is 2.61. The van der Waals surface area contributed by atoms with Crippen LogP contribution in [0.2, 0.25) is 0 Å². The third-order valence-corrected chi connectivity index (χ3v) is 3.42. The molecule has 3 heteroatoms. The van der Waals surface area contributed by atoms with Crippen LogP contribution in [-0.2, 0) is 6.42 Å². The first-order chi connectivity index (χ1) is 8.36. The molecule has 0 aliphatic rings. The highest BCUT2D eigenvalue weighted by molar-refractivity contribution is 7.07. The van der Waals surface area contributed by atoms with Crippen molar-refractivity contribution in [3.05, 3.63) is 58.3 Å². The minimum absolute atomic E-state index is 0.418. The summed E-state index contributed by atoms with van der Waals surface area (Å²) in [6, 6.07) is 11.9. The quantitative estimate of drug-likeness (QED) is 0.769. The van der Waals surface area contributed by atoms with Crippen molar-refractivity contribution in [2.45, 2.75) is 12.5 Å². The zero-order valence-electron chi connectivity index (χ0n) is 9.67. The van der Waals surface area contributed by atoms with E-state index in [1.807, 2.05) is 30.3 Å². The Morgan fingerprint density at radius 1 is 1.18 bits per heavy atom. The summed E-state index contributed by atoms with van der Waals surface area (Å²) in [5, 5.41) is 17.4. The van der Waals surface area contributed by atoms with Crippen molar-refractivity contribution in [1.82, 2.24) is 5.32 Å². The van der Waals surface area contributed by atoms with Crippen LogP contribution in [0, 0.1) is 0 Å². The molecular weight excluding hydrogens is 230 g/mol. The van der Waals surface area contributed by atoms with E-state index in [1.54, 1.807) is 11.3 Å². The molecular formula is C14H17NOS. The molecule has 1 heterocycles. The maximum atomic E-state index is 9.92. The van der Waals surface area contributed by atoms with Crippen LogP contribution in [-0.4, -0.2) is 18.2 Å². The van der Waals surface area contributed by atoms with Gasteiger partial charge in [0.1, 0.15) is 0 Å². The van der Waals surface area contributed by atoms with E-state index in [2.05, 4.69) is 22.1 Å². The van der Waals surface area contributed by atoms with Gasteiger partial charge in [0.05, 0.1) is 6.10 Å². The van der Waals surface area contributed by atoms with Gasteiger partial charge in [-0.2, -0.15) is 11.3 Å². The second-order valence-corrected chi connectivity index (χ2v) is 4.79. The van der Waals surface area contributed by atoms with Gasteiger partial charge in [0.25, 0.3) is 0 Å². The second-order valence-electron chi connectivity index (χ2n) is 4.01. The molecule has 17 heavy (non-hydrogen) atoms. The molecule has 1 aromatic heterocycles. The van der Waals surface area contributed by atoms with Gasteiger partial charge in [0.15, 0.2) is 0 Å². The Hall–Kier alpha value is -1.16. The SMILES string of the molecule is OC(CNCCc1ccsc1)c1ccccc1. The lowest BCUT2D eigenvalue weighted by atomic mass is 10.1. The fourth-order valence-corrected chi connectivity index (χ4v) is 2.40. The summed E-state index contributed by atoms with van der Waals surface area (Å²) in [6.07, 6.45) is 0.601. The number of benzene rings is 1. The summed E-state index contributed by atoms with van der Waals surface area (Å²) in [4.78, 5) is 0. The van der Waals surface area contributed by atoms with Crippen LogP contribution >= 0.6 is 11.3 Å². The van der Waals surface area contributed by atoms with E-state index >= 15 is 0 Å². The van der Waals surface area contributed by atoms with Crippen LogP contribution < -0.4 is 5.32 Å². The Bertz CT molecular complexity index is 413. The topological polar surface area (TPSA) is 32.3 Å². The number of aliphatic hydroxyl groups excluding tert-OH is 1. The Kier molecular flexibility index (Phi) is 4.74. The number of hydrogen-bond acceptors (Lipinski definition) is 3. The molecule has 1 atom stereocenters. The molecule has 1 unspecified atom stereocenters. The molecule has 0 aliphatic carbocycles. The summed E-state index contributed by atoms with van der Waals surface area (Å²) in [7, 11) is 0. The molecule has 0 aliphatic heterocycles. The van der Waals surface area contributed by atoms with Crippen molar-refractivity contribution < 1.29 is 5.11 Å². The lowest BCUT2D eigenvalue weighted by Gasteiger charge is -2.11. The van der Waals surface area contributed by atoms with Crippen LogP contribution in [0.1, 0.15) is 17.2 Å². The van der Waals surface area contributed by atoms with Gasteiger partial charge in [-0.05, 0) is 40.9 Å². The van der Waals surface area contributed by atoms with Gasteiger partial charge in [-0.25, -0.2) is 0 Å². The number of hydrogen-bond donors (Lipinski definition) is 2. The average molecular weight is 247 g/mol. The normalized spacial score (nSPS) is 12.5. The van der Waals surface area contributed by atoms with Crippen molar-refractivity contribution in [1.29, 1.82) is 0 Å². The maximum absolute atomic E-state index is 9.92. The minimum Gasteiger partial charge on any atom is -0.387 e. The highest BCUT2D eigenvalue weighted by Gasteiger charge is 2.05. The van der Waals surface area contributed by atoms with Crippen LogP contribution in [0.4, 0.5) is 0 Å². The van der Waals surface area contributed by atoms with Gasteiger partial charge in [-0.1, -0.05) is 30.3 Å². The van der Waals surface area contributed by atoms with Crippen LogP contribution in [0.3, 0.4) is 0 Å². The highest BCUT2D eigenvalue weighted by Crippen LogP contribution is 2.10. The second kappa shape index (κ2) is 6.55. The largest absolute Gasteiger partial charge is 0.387 e. The zero-order chi connectivity index (χ0) is 11.9. The molecule has 0 amide bonds. The number of rotatable bonds is 6. The summed E-state index contributed by atoms with van der Waals surface area (Å²) in [5.41, 5.74) is 2.33. The van der Waals surface area contributed by atoms with E-state index in [-0.39, 0.29) is 0 Å². The molecule has 0 bridgehead atoms. The standard InChI is InChI=1S/C14H17NOS/c16-14(13-4-2-1-3-5-13)10-15-8-6-12-7-9-17-11-12/h1-5,7,9,11,14-16H,6,8,10H2. The van der Waals surface area contributed by atoms with Gasteiger partial charge in [-0.3, -0.25) is 0 Å². The zero-order valence-corrected chi connectivity index (χ0v) is 10.5. The lowest BCUT2D eigenvalue weighted by Crippen LogP contribution is -2.23. The van der Waals surface area contributed by atoms with E-state index in [1.165, 1.54) is 5.56 Å². The molecule has 0 radical (unpaired) electrons. The Labute approximate surface area is 106 Å². The van der Waals surface area contributed by atoms with Crippen LogP contribution in [0.15, 0.2) is 47.2 Å². The Balaban J connectivity index is 1.68. The molecule has 1 aromatic carbocycles. The van der Waals surface area contributed by atoms with Gasteiger partial charge in [0.2, 0.25) is 0 Å². The van der Waals surface area contributed by atoms with Crippen molar-refractivity contribution in [3.8, 4) is 0 Å². The van der Waals surface area contributed by atoms with Crippen molar-refractivity contribution >= 4 is 11.3 Å². The van der Waals surface area contributed by atoms with Crippen LogP contribution in [0.25, 0.3) is 0 Å². The van der Waals surface area contributed by atoms with Gasteiger partial charge < -0.3 is 10.4 Å². The summed E-state index contributed by atoms with van der Waals surface area (Å²) in [6.45, 7) is 1.51. The first-order valence-electron chi connectivity index (χ1n) is 5.81. The van der Waals surface area contributed by atoms with Crippen molar-refractivity contribution in [3.63, 3.8) is 0 Å². The molecule has 0 saturated carbocycles. The lowest BCUT2D eigenvalue weighted by molar-refractivity contribution is 0.175. The summed E-state index contributed by atoms with van der Waals surface area (Å²) >= 11 is 1.72. The fraction of sp³-hybridized carbons (Fsp3) is 0.286. The first kappa shape index (κ1) is 12.3. The summed E-state index contributed by atoms with van der Waals surface area (Å²) in [5.74, 6) is 0. The van der Waals surface area contributed by atoms with Crippen molar-refractivity contribution in [2.75, 3.05) is 13.1 Å². The van der Waals surface area contributed by atoms with E-state index < -0.39 is 6.10 Å². The third-order valence-electron chi connectivity index (χ3n) is 2.69. The summed E-state index contributed by atoms with van der Waals surface area (Å²) < 4.78 is 0. The van der Waals surface area contributed by atoms with Gasteiger partial charge in [0, 0.05) is 6.54 Å². The molecule has 0 saturated heterocycles. The smallest absolute Gasteiger partial charge is 0.0914 e. The van der Waals surface area contributed by atoms with E-state index in [9.17, 15) is 5.11 Å². The van der Waals surface area contributed by atoms with Gasteiger partial charge >= 0.3 is 0 Å². The molecule has 2 aromatic rings. The molecule has 2 N–H and O–H groups in total.